The minimum Gasteiger partial charge on any atom is -0.456 e. The largest absolute Gasteiger partial charge is 0.456 e. The van der Waals surface area contributed by atoms with Crippen LogP contribution in [0.3, 0.4) is 0 Å². The van der Waals surface area contributed by atoms with Gasteiger partial charge in [-0.2, -0.15) is 0 Å². The summed E-state index contributed by atoms with van der Waals surface area (Å²) in [5.74, 6) is -0.182. The van der Waals surface area contributed by atoms with Crippen LogP contribution in [-0.4, -0.2) is 113 Å². The van der Waals surface area contributed by atoms with Gasteiger partial charge in [-0.25, -0.2) is 33.5 Å². The van der Waals surface area contributed by atoms with E-state index in [1.54, 1.807) is 77.3 Å². The molecule has 0 aliphatic carbocycles. The number of ether oxygens (including phenoxy) is 4. The number of nitrogens with one attached hydrogen (secondary N) is 3. The highest BCUT2D eigenvalue weighted by Crippen LogP contribution is 2.32. The second kappa shape index (κ2) is 22.5. The highest BCUT2D eigenvalue weighted by atomic mass is 19.1. The predicted molar refractivity (Wildman–Crippen MR) is 311 cm³/mol. The number of carbonyl (C=O) groups is 4. The highest BCUT2D eigenvalue weighted by Gasteiger charge is 2.31. The maximum atomic E-state index is 14.4. The van der Waals surface area contributed by atoms with E-state index in [9.17, 15) is 33.2 Å². The average Bonchev–Trinajstić information content (AvgIpc) is 4.24. The number of anilines is 2. The third-order valence-electron chi connectivity index (χ3n) is 13.7. The van der Waals surface area contributed by atoms with E-state index in [-0.39, 0.29) is 35.6 Å². The Kier molecular flexibility index (Phi) is 16.4. The van der Waals surface area contributed by atoms with Crippen LogP contribution in [0.1, 0.15) is 141 Å². The molecule has 4 aromatic heterocycles. The first-order chi connectivity index (χ1) is 37.7. The fraction of sp³-hybridized carbons (Fsp3) is 0.500. The Hall–Kier alpha value is -7.97. The minimum atomic E-state index is -0.671. The second-order valence-corrected chi connectivity index (χ2v) is 25.1. The van der Waals surface area contributed by atoms with Gasteiger partial charge in [0, 0.05) is 63.1 Å². The molecule has 0 radical (unpaired) electrons. The van der Waals surface area contributed by atoms with Crippen molar-refractivity contribution < 1.29 is 42.5 Å². The summed E-state index contributed by atoms with van der Waals surface area (Å²) in [7, 11) is 3.33. The van der Waals surface area contributed by atoms with Crippen molar-refractivity contribution in [2.75, 3.05) is 36.0 Å². The van der Waals surface area contributed by atoms with Gasteiger partial charge in [-0.15, -0.1) is 0 Å². The topological polar surface area (TPSA) is 226 Å². The number of aromatic amines is 1. The zero-order chi connectivity index (χ0) is 59.3. The summed E-state index contributed by atoms with van der Waals surface area (Å²) in [6.45, 7) is 26.3. The normalized spacial score (nSPS) is 16.3. The molecule has 6 heterocycles. The third kappa shape index (κ3) is 14.0. The van der Waals surface area contributed by atoms with Crippen molar-refractivity contribution in [1.29, 1.82) is 0 Å². The average molecular weight is 1120 g/mol. The molecule has 3 N–H and O–H groups in total. The van der Waals surface area contributed by atoms with Gasteiger partial charge in [0.05, 0.1) is 28.7 Å². The van der Waals surface area contributed by atoms with E-state index in [2.05, 4.69) is 20.5 Å². The number of hydrogen-bond acceptors (Lipinski definition) is 14. The summed E-state index contributed by atoms with van der Waals surface area (Å²) in [4.78, 5) is 94.6. The molecule has 20 nitrogen and oxygen atoms in total. The molecule has 2 amide bonds. The van der Waals surface area contributed by atoms with E-state index in [4.69, 9.17) is 28.9 Å². The number of esters is 2. The molecule has 0 unspecified atom stereocenters. The Labute approximate surface area is 470 Å². The molecule has 81 heavy (non-hydrogen) atoms. The van der Waals surface area contributed by atoms with Gasteiger partial charge < -0.3 is 58.1 Å². The van der Waals surface area contributed by atoms with Crippen LogP contribution >= 0.6 is 0 Å². The van der Waals surface area contributed by atoms with Crippen molar-refractivity contribution in [3.05, 3.63) is 103 Å². The van der Waals surface area contributed by atoms with Gasteiger partial charge >= 0.3 is 24.1 Å². The van der Waals surface area contributed by atoms with E-state index in [0.29, 0.717) is 81.1 Å². The van der Waals surface area contributed by atoms with Gasteiger partial charge in [0.2, 0.25) is 11.9 Å². The Morgan fingerprint density at radius 1 is 0.630 bits per heavy atom. The molecule has 2 saturated heterocycles. The molecule has 0 spiro atoms. The predicted octanol–water partition coefficient (Wildman–Crippen LogP) is 9.70. The van der Waals surface area contributed by atoms with E-state index in [1.165, 1.54) is 21.3 Å². The monoisotopic (exact) mass is 1120 g/mol. The molecular formula is C60H77FN10O10. The summed E-state index contributed by atoms with van der Waals surface area (Å²) in [6.07, 6.45) is 2.29. The number of amides is 2. The van der Waals surface area contributed by atoms with Crippen molar-refractivity contribution in [2.45, 2.75) is 157 Å². The van der Waals surface area contributed by atoms with Crippen LogP contribution in [0.5, 0.6) is 0 Å². The molecule has 2 atom stereocenters. The van der Waals surface area contributed by atoms with Crippen molar-refractivity contribution in [2.24, 2.45) is 14.1 Å². The molecule has 21 heteroatoms. The van der Waals surface area contributed by atoms with Crippen LogP contribution in [-0.2, 0) is 39.6 Å². The molecule has 0 bridgehead atoms. The van der Waals surface area contributed by atoms with Crippen molar-refractivity contribution in [3.63, 3.8) is 0 Å². The number of alkyl carbamates (subject to hydrolysis) is 2. The first kappa shape index (κ1) is 59.2. The SMILES string of the molecule is Cc1ccc(F)cc1Cn1c(N2CCC[C@@H](NC(=O)OC(C)(C)C)C2)nc2c3ccc(C(=O)OC(C)(C)C)cc3n(C)c(=O)c21.Cn1c(=O)c2[nH]c(N3CCC[C@@H](NC(=O)OC(C)(C)C)C3)nc2c2ccc(C(=O)OC(C)(C)C)cc21. The van der Waals surface area contributed by atoms with Crippen LogP contribution in [0, 0.1) is 12.7 Å². The number of halogens is 1. The number of aromatic nitrogens is 6. The maximum Gasteiger partial charge on any atom is 0.407 e. The zero-order valence-electron chi connectivity index (χ0n) is 49.3. The van der Waals surface area contributed by atoms with Crippen LogP contribution < -0.4 is 31.6 Å². The van der Waals surface area contributed by atoms with Gasteiger partial charge in [-0.3, -0.25) is 9.59 Å². The van der Waals surface area contributed by atoms with Crippen LogP contribution in [0.4, 0.5) is 25.9 Å². The lowest BCUT2D eigenvalue weighted by molar-refractivity contribution is 0.00572. The summed E-state index contributed by atoms with van der Waals surface area (Å²) in [6, 6.07) is 14.6. The molecule has 2 aliphatic rings. The lowest BCUT2D eigenvalue weighted by Crippen LogP contribution is -2.49. The summed E-state index contributed by atoms with van der Waals surface area (Å²) < 4.78 is 41.2. The summed E-state index contributed by atoms with van der Waals surface area (Å²) >= 11 is 0. The summed E-state index contributed by atoms with van der Waals surface area (Å²) in [5.41, 5.74) is 2.20. The van der Waals surface area contributed by atoms with Crippen molar-refractivity contribution >= 4 is 79.9 Å². The molecule has 9 rings (SSSR count). The highest BCUT2D eigenvalue weighted by molar-refractivity contribution is 6.07. The number of aryl methyl sites for hydroxylation is 3. The molecule has 434 valence electrons. The quantitative estimate of drug-likeness (QED) is 0.0951. The Bertz CT molecular complexity index is 3700. The maximum absolute atomic E-state index is 14.4. The Morgan fingerprint density at radius 2 is 1.11 bits per heavy atom. The Morgan fingerprint density at radius 3 is 1.63 bits per heavy atom. The number of H-pyrrole nitrogens is 1. The van der Waals surface area contributed by atoms with Crippen LogP contribution in [0.2, 0.25) is 0 Å². The number of imidazole rings is 2. The van der Waals surface area contributed by atoms with Gasteiger partial charge in [-0.05, 0) is 175 Å². The van der Waals surface area contributed by atoms with Crippen molar-refractivity contribution in [3.8, 4) is 0 Å². The summed E-state index contributed by atoms with van der Waals surface area (Å²) in [5, 5.41) is 7.36. The first-order valence-electron chi connectivity index (χ1n) is 27.5. The number of piperidine rings is 2. The molecule has 7 aromatic rings. The van der Waals surface area contributed by atoms with E-state index < -0.39 is 46.5 Å². The number of pyridine rings is 2. The number of fused-ring (bicyclic) bond motifs is 6. The van der Waals surface area contributed by atoms with Gasteiger partial charge in [-0.1, -0.05) is 6.07 Å². The van der Waals surface area contributed by atoms with Crippen molar-refractivity contribution in [1.82, 2.24) is 39.3 Å². The van der Waals surface area contributed by atoms with E-state index in [1.807, 2.05) is 78.7 Å². The lowest BCUT2D eigenvalue weighted by Gasteiger charge is -2.34. The number of benzene rings is 3. The standard InChI is InChI=1S/C34H42FN5O5.C26H35N5O5/c1-20-11-13-23(35)16-22(20)18-40-28-27(37-31(40)39-15-9-10-24(19-39)36-32(43)45-34(5,6)7)25-14-12-21(30(42)44-33(2,3)4)17-26(25)38(8)29(28)41;1-25(2,3)35-22(33)15-10-11-17-18(13-15)30(7)21(32)20-19(17)28-23(29-20)31-12-8-9-16(14-31)27-24(34)36-26(4,5)6/h11-14,16-17,24H,9-10,15,18-19H2,1-8H3,(H,36,43);10-11,13,16H,8-9,12,14H2,1-7H3,(H,27,34)(H,28,29)/t24-;16-/m11/s1. The minimum absolute atomic E-state index is 0.0993. The number of rotatable bonds is 8. The van der Waals surface area contributed by atoms with E-state index >= 15 is 0 Å². The Balaban J connectivity index is 0.000000218. The fourth-order valence-electron chi connectivity index (χ4n) is 10.1. The van der Waals surface area contributed by atoms with Gasteiger partial charge in [0.25, 0.3) is 11.1 Å². The molecule has 2 aliphatic heterocycles. The van der Waals surface area contributed by atoms with Gasteiger partial charge in [0.1, 0.15) is 50.3 Å². The van der Waals surface area contributed by atoms with E-state index in [0.717, 1.165) is 48.7 Å². The number of nitrogens with zero attached hydrogens (tertiary/aromatic N) is 7. The number of carbonyl (C=O) groups excluding carboxylic acids is 4. The van der Waals surface area contributed by atoms with Gasteiger partial charge in [0.15, 0.2) is 0 Å². The third-order valence-corrected chi connectivity index (χ3v) is 13.7. The zero-order valence-corrected chi connectivity index (χ0v) is 49.3. The molecule has 0 saturated carbocycles. The second-order valence-electron chi connectivity index (χ2n) is 25.1. The molecular weight excluding hydrogens is 1040 g/mol. The smallest absolute Gasteiger partial charge is 0.407 e. The molecule has 2 fully saturated rings. The van der Waals surface area contributed by atoms with Crippen LogP contribution in [0.15, 0.2) is 64.2 Å². The molecule has 3 aromatic carbocycles. The fourth-order valence-corrected chi connectivity index (χ4v) is 10.1. The number of hydrogen-bond donors (Lipinski definition) is 3. The lowest BCUT2D eigenvalue weighted by atomic mass is 10.1. The first-order valence-corrected chi connectivity index (χ1v) is 27.5. The van der Waals surface area contributed by atoms with Crippen LogP contribution in [0.25, 0.3) is 43.9 Å².